The summed E-state index contributed by atoms with van der Waals surface area (Å²) in [6, 6.07) is 3.42. The number of hydrogen-bond acceptors (Lipinski definition) is 3. The van der Waals surface area contributed by atoms with E-state index in [1.165, 1.54) is 12.1 Å². The fourth-order valence-corrected chi connectivity index (χ4v) is 2.41. The summed E-state index contributed by atoms with van der Waals surface area (Å²) in [7, 11) is 0. The molecule has 7 heteroatoms. The Morgan fingerprint density at radius 2 is 2.17 bits per heavy atom. The van der Waals surface area contributed by atoms with E-state index in [1.54, 1.807) is 0 Å². The zero-order chi connectivity index (χ0) is 16.9. The van der Waals surface area contributed by atoms with Crippen molar-refractivity contribution < 1.29 is 27.4 Å². The van der Waals surface area contributed by atoms with Crippen molar-refractivity contribution in [3.63, 3.8) is 0 Å². The second kappa shape index (κ2) is 7.84. The van der Waals surface area contributed by atoms with E-state index >= 15 is 0 Å². The first-order valence-corrected chi connectivity index (χ1v) is 7.57. The van der Waals surface area contributed by atoms with Crippen LogP contribution in [0, 0.1) is 0 Å². The van der Waals surface area contributed by atoms with Gasteiger partial charge in [0.25, 0.3) is 0 Å². The second-order valence-corrected chi connectivity index (χ2v) is 5.60. The molecule has 0 bridgehead atoms. The molecule has 1 aromatic rings. The Morgan fingerprint density at radius 3 is 2.83 bits per heavy atom. The van der Waals surface area contributed by atoms with Gasteiger partial charge in [0, 0.05) is 12.7 Å². The van der Waals surface area contributed by atoms with Gasteiger partial charge in [-0.15, -0.1) is 0 Å². The van der Waals surface area contributed by atoms with Crippen LogP contribution in [0.1, 0.15) is 30.4 Å². The fraction of sp³-hybridized carbons (Fsp3) is 0.438. The molecule has 3 nitrogen and oxygen atoms in total. The maximum Gasteiger partial charge on any atom is 0.417 e. The molecule has 1 fully saturated rings. The zero-order valence-corrected chi connectivity index (χ0v) is 13.0. The standard InChI is InChI=1S/C16H16ClF3O3/c17-14-6-4-11(9-13(14)16(18,19)20)5-7-15(21)23-10-12-3-1-2-8-22-12/h4-7,9,12H,1-3,8,10H2. The topological polar surface area (TPSA) is 35.5 Å². The highest BCUT2D eigenvalue weighted by atomic mass is 35.5. The molecule has 1 heterocycles. The summed E-state index contributed by atoms with van der Waals surface area (Å²) >= 11 is 5.53. The van der Waals surface area contributed by atoms with Crippen LogP contribution in [0.15, 0.2) is 24.3 Å². The lowest BCUT2D eigenvalue weighted by Crippen LogP contribution is -2.25. The molecule has 1 aliphatic heterocycles. The number of hydrogen-bond donors (Lipinski definition) is 0. The van der Waals surface area contributed by atoms with Gasteiger partial charge in [-0.05, 0) is 43.0 Å². The van der Waals surface area contributed by atoms with Crippen LogP contribution < -0.4 is 0 Å². The van der Waals surface area contributed by atoms with Gasteiger partial charge in [-0.2, -0.15) is 13.2 Å². The van der Waals surface area contributed by atoms with Gasteiger partial charge in [0.15, 0.2) is 0 Å². The number of halogens is 4. The number of ether oxygens (including phenoxy) is 2. The number of carbonyl (C=O) groups is 1. The fourth-order valence-electron chi connectivity index (χ4n) is 2.19. The van der Waals surface area contributed by atoms with Crippen LogP contribution in [-0.2, 0) is 20.4 Å². The number of alkyl halides is 3. The van der Waals surface area contributed by atoms with Crippen LogP contribution in [0.2, 0.25) is 5.02 Å². The van der Waals surface area contributed by atoms with E-state index in [1.807, 2.05) is 0 Å². The average molecular weight is 349 g/mol. The van der Waals surface area contributed by atoms with Gasteiger partial charge in [-0.25, -0.2) is 4.79 Å². The largest absolute Gasteiger partial charge is 0.460 e. The Bertz CT molecular complexity index is 578. The van der Waals surface area contributed by atoms with E-state index < -0.39 is 17.7 Å². The molecular formula is C16H16ClF3O3. The lowest BCUT2D eigenvalue weighted by atomic mass is 10.1. The number of benzene rings is 1. The summed E-state index contributed by atoms with van der Waals surface area (Å²) in [5, 5.41) is -0.383. The van der Waals surface area contributed by atoms with E-state index in [2.05, 4.69) is 0 Å². The Labute approximate surface area is 137 Å². The van der Waals surface area contributed by atoms with Crippen LogP contribution in [0.25, 0.3) is 6.08 Å². The number of rotatable bonds is 4. The van der Waals surface area contributed by atoms with Gasteiger partial charge < -0.3 is 9.47 Å². The third-order valence-corrected chi connectivity index (χ3v) is 3.72. The molecule has 1 unspecified atom stereocenters. The zero-order valence-electron chi connectivity index (χ0n) is 12.2. The van der Waals surface area contributed by atoms with E-state index in [0.717, 1.165) is 37.5 Å². The SMILES string of the molecule is O=C(C=Cc1ccc(Cl)c(C(F)(F)F)c1)OCC1CCCCO1. The molecule has 0 radical (unpaired) electrons. The minimum Gasteiger partial charge on any atom is -0.460 e. The third kappa shape index (κ3) is 5.55. The van der Waals surface area contributed by atoms with Crippen molar-refractivity contribution in [1.82, 2.24) is 0 Å². The first kappa shape index (κ1) is 17.8. The second-order valence-electron chi connectivity index (χ2n) is 5.19. The molecule has 2 rings (SSSR count). The molecule has 0 aromatic heterocycles. The summed E-state index contributed by atoms with van der Waals surface area (Å²) in [5.74, 6) is -0.623. The quantitative estimate of drug-likeness (QED) is 0.594. The first-order chi connectivity index (χ1) is 10.9. The highest BCUT2D eigenvalue weighted by molar-refractivity contribution is 6.31. The van der Waals surface area contributed by atoms with Crippen LogP contribution in [0.5, 0.6) is 0 Å². The van der Waals surface area contributed by atoms with Crippen molar-refractivity contribution in [2.45, 2.75) is 31.5 Å². The summed E-state index contributed by atoms with van der Waals surface area (Å²) < 4.78 is 48.7. The minimum atomic E-state index is -4.54. The molecule has 0 saturated carbocycles. The van der Waals surface area contributed by atoms with Gasteiger partial charge >= 0.3 is 12.1 Å². The highest BCUT2D eigenvalue weighted by Crippen LogP contribution is 2.35. The lowest BCUT2D eigenvalue weighted by Gasteiger charge is -2.21. The Hall–Kier alpha value is -1.53. The van der Waals surface area contributed by atoms with Gasteiger partial charge in [0.05, 0.1) is 16.7 Å². The van der Waals surface area contributed by atoms with E-state index in [-0.39, 0.29) is 23.3 Å². The molecule has 1 aliphatic rings. The maximum absolute atomic E-state index is 12.7. The van der Waals surface area contributed by atoms with Crippen LogP contribution in [-0.4, -0.2) is 25.3 Å². The molecule has 23 heavy (non-hydrogen) atoms. The molecular weight excluding hydrogens is 333 g/mol. The van der Waals surface area contributed by atoms with Gasteiger partial charge in [0.2, 0.25) is 0 Å². The Morgan fingerprint density at radius 1 is 1.39 bits per heavy atom. The van der Waals surface area contributed by atoms with Crippen molar-refractivity contribution in [2.75, 3.05) is 13.2 Å². The Balaban J connectivity index is 1.92. The molecule has 1 saturated heterocycles. The van der Waals surface area contributed by atoms with E-state index in [4.69, 9.17) is 21.1 Å². The van der Waals surface area contributed by atoms with Crippen molar-refractivity contribution >= 4 is 23.6 Å². The molecule has 1 atom stereocenters. The third-order valence-electron chi connectivity index (χ3n) is 3.39. The molecule has 0 N–H and O–H groups in total. The average Bonchev–Trinajstić information content (AvgIpc) is 2.52. The monoisotopic (exact) mass is 348 g/mol. The molecule has 0 aliphatic carbocycles. The van der Waals surface area contributed by atoms with E-state index in [0.29, 0.717) is 6.61 Å². The minimum absolute atomic E-state index is 0.103. The number of carbonyl (C=O) groups excluding carboxylic acids is 1. The number of esters is 1. The molecule has 0 amide bonds. The van der Waals surface area contributed by atoms with Crippen LogP contribution in [0.3, 0.4) is 0 Å². The van der Waals surface area contributed by atoms with Gasteiger partial charge in [0.1, 0.15) is 6.61 Å². The highest BCUT2D eigenvalue weighted by Gasteiger charge is 2.33. The predicted molar refractivity (Wildman–Crippen MR) is 80.0 cm³/mol. The predicted octanol–water partition coefficient (Wildman–Crippen LogP) is 4.48. The summed E-state index contributed by atoms with van der Waals surface area (Å²) in [5.41, 5.74) is -0.724. The normalized spacial score (nSPS) is 19.0. The smallest absolute Gasteiger partial charge is 0.417 e. The van der Waals surface area contributed by atoms with Crippen molar-refractivity contribution in [3.05, 3.63) is 40.4 Å². The van der Waals surface area contributed by atoms with Gasteiger partial charge in [-0.3, -0.25) is 0 Å². The van der Waals surface area contributed by atoms with Crippen molar-refractivity contribution in [3.8, 4) is 0 Å². The summed E-state index contributed by atoms with van der Waals surface area (Å²) in [6.45, 7) is 0.806. The van der Waals surface area contributed by atoms with Crippen molar-refractivity contribution in [1.29, 1.82) is 0 Å². The van der Waals surface area contributed by atoms with Crippen molar-refractivity contribution in [2.24, 2.45) is 0 Å². The summed E-state index contributed by atoms with van der Waals surface area (Å²) in [6.07, 6.45) is 0.574. The molecule has 1 aromatic carbocycles. The Kier molecular flexibility index (Phi) is 6.07. The van der Waals surface area contributed by atoms with Crippen LogP contribution in [0.4, 0.5) is 13.2 Å². The summed E-state index contributed by atoms with van der Waals surface area (Å²) in [4.78, 5) is 11.6. The first-order valence-electron chi connectivity index (χ1n) is 7.19. The van der Waals surface area contributed by atoms with Crippen LogP contribution >= 0.6 is 11.6 Å². The van der Waals surface area contributed by atoms with E-state index in [9.17, 15) is 18.0 Å². The molecule has 126 valence electrons. The lowest BCUT2D eigenvalue weighted by molar-refractivity contribution is -0.143. The maximum atomic E-state index is 12.7. The van der Waals surface area contributed by atoms with Gasteiger partial charge in [-0.1, -0.05) is 17.7 Å². The molecule has 0 spiro atoms.